The molecule has 0 N–H and O–H groups in total. The SMILES string of the molecule is CCCC[C@]12[C@@H]3[C@H]4C[C@H](OC)[C@H]([C@H]4[C@@H]1Br)[C@@H]32. The molecule has 2 heteroatoms. The van der Waals surface area contributed by atoms with Crippen molar-refractivity contribution in [3.05, 3.63) is 0 Å². The molecule has 1 nitrogen and oxygen atoms in total. The van der Waals surface area contributed by atoms with Crippen LogP contribution in [0.3, 0.4) is 0 Å². The Bertz CT molecular complexity index is 327. The zero-order chi connectivity index (χ0) is 11.1. The van der Waals surface area contributed by atoms with Gasteiger partial charge < -0.3 is 4.74 Å². The predicted molar refractivity (Wildman–Crippen MR) is 67.5 cm³/mol. The van der Waals surface area contributed by atoms with Crippen molar-refractivity contribution in [2.24, 2.45) is 35.0 Å². The minimum absolute atomic E-state index is 0.599. The molecule has 0 aromatic heterocycles. The Balaban J connectivity index is 1.64. The molecule has 0 unspecified atom stereocenters. The van der Waals surface area contributed by atoms with Crippen molar-refractivity contribution in [3.63, 3.8) is 0 Å². The lowest BCUT2D eigenvalue weighted by atomic mass is 9.96. The summed E-state index contributed by atoms with van der Waals surface area (Å²) in [4.78, 5) is 0.830. The molecule has 8 atom stereocenters. The maximum Gasteiger partial charge on any atom is 0.0608 e. The second kappa shape index (κ2) is 3.06. The molecule has 0 radical (unpaired) electrons. The molecule has 5 fully saturated rings. The van der Waals surface area contributed by atoms with E-state index in [-0.39, 0.29) is 0 Å². The van der Waals surface area contributed by atoms with Crippen molar-refractivity contribution in [1.82, 2.24) is 0 Å². The van der Waals surface area contributed by atoms with Gasteiger partial charge in [0.05, 0.1) is 6.10 Å². The van der Waals surface area contributed by atoms with Crippen LogP contribution in [0.25, 0.3) is 0 Å². The number of methoxy groups -OCH3 is 1. The standard InChI is InChI=1S/C14H21BrO/c1-3-4-5-14-11-7-6-8(16-2)10(12(11)14)9(7)13(14)15/h7-13H,3-6H2,1-2H3/t7-,8-,9-,10+,11+,12-,13-,14+/m0/s1. The second-order valence-electron chi connectivity index (χ2n) is 6.50. The van der Waals surface area contributed by atoms with Crippen LogP contribution >= 0.6 is 15.9 Å². The summed E-state index contributed by atoms with van der Waals surface area (Å²) in [5, 5.41) is 0. The molecule has 0 amide bonds. The molecule has 5 aliphatic carbocycles. The van der Waals surface area contributed by atoms with Crippen molar-refractivity contribution >= 4 is 15.9 Å². The summed E-state index contributed by atoms with van der Waals surface area (Å²) in [7, 11) is 1.92. The van der Waals surface area contributed by atoms with Gasteiger partial charge in [0.15, 0.2) is 0 Å². The van der Waals surface area contributed by atoms with E-state index in [1.165, 1.54) is 25.7 Å². The average Bonchev–Trinajstić information content (AvgIpc) is 2.58. The number of unbranched alkanes of at least 4 members (excludes halogenated alkanes) is 1. The summed E-state index contributed by atoms with van der Waals surface area (Å²) in [6.45, 7) is 2.32. The fraction of sp³-hybridized carbons (Fsp3) is 1.00. The molecule has 0 aliphatic heterocycles. The molecular weight excluding hydrogens is 264 g/mol. The highest BCUT2D eigenvalue weighted by Gasteiger charge is 2.88. The quantitative estimate of drug-likeness (QED) is 0.719. The Kier molecular flexibility index (Phi) is 1.98. The summed E-state index contributed by atoms with van der Waals surface area (Å²) >= 11 is 4.06. The van der Waals surface area contributed by atoms with Crippen LogP contribution in [0.2, 0.25) is 0 Å². The monoisotopic (exact) mass is 284 g/mol. The Labute approximate surface area is 106 Å². The first-order valence-electron chi connectivity index (χ1n) is 6.94. The van der Waals surface area contributed by atoms with Gasteiger partial charge in [-0.1, -0.05) is 35.7 Å². The van der Waals surface area contributed by atoms with E-state index in [4.69, 9.17) is 4.74 Å². The van der Waals surface area contributed by atoms with Gasteiger partial charge in [-0.3, -0.25) is 0 Å². The summed E-state index contributed by atoms with van der Waals surface area (Å²) < 4.78 is 5.72. The second-order valence-corrected chi connectivity index (χ2v) is 7.48. The summed E-state index contributed by atoms with van der Waals surface area (Å²) in [6.07, 6.45) is 6.23. The number of rotatable bonds is 4. The Morgan fingerprint density at radius 3 is 2.75 bits per heavy atom. The van der Waals surface area contributed by atoms with Crippen molar-refractivity contribution in [2.75, 3.05) is 7.11 Å². The summed E-state index contributed by atoms with van der Waals surface area (Å²) in [5.74, 6) is 5.03. The number of alkyl halides is 1. The minimum atomic E-state index is 0.599. The molecule has 5 saturated carbocycles. The van der Waals surface area contributed by atoms with E-state index >= 15 is 0 Å². The predicted octanol–water partition coefficient (Wildman–Crippen LogP) is 3.47. The van der Waals surface area contributed by atoms with Gasteiger partial charge >= 0.3 is 0 Å². The molecule has 0 saturated heterocycles. The van der Waals surface area contributed by atoms with Gasteiger partial charge in [0, 0.05) is 11.9 Å². The number of hydrogen-bond donors (Lipinski definition) is 0. The lowest BCUT2D eigenvalue weighted by Crippen LogP contribution is -2.22. The molecule has 6 bridgehead atoms. The van der Waals surface area contributed by atoms with Crippen LogP contribution in [0.4, 0.5) is 0 Å². The van der Waals surface area contributed by atoms with Crippen LogP contribution in [-0.4, -0.2) is 18.0 Å². The van der Waals surface area contributed by atoms with Crippen LogP contribution < -0.4 is 0 Å². The van der Waals surface area contributed by atoms with Gasteiger partial charge in [-0.15, -0.1) is 0 Å². The number of hydrogen-bond acceptors (Lipinski definition) is 1. The van der Waals surface area contributed by atoms with Gasteiger partial charge in [-0.25, -0.2) is 0 Å². The van der Waals surface area contributed by atoms with E-state index in [1.807, 2.05) is 7.11 Å². The first-order chi connectivity index (χ1) is 7.77. The zero-order valence-corrected chi connectivity index (χ0v) is 11.7. The van der Waals surface area contributed by atoms with Crippen LogP contribution in [-0.2, 0) is 4.74 Å². The van der Waals surface area contributed by atoms with Crippen LogP contribution in [0.5, 0.6) is 0 Å². The summed E-state index contributed by atoms with van der Waals surface area (Å²) in [6, 6.07) is 0. The number of ether oxygens (including phenoxy) is 1. The van der Waals surface area contributed by atoms with Crippen LogP contribution in [0.1, 0.15) is 32.6 Å². The Hall–Kier alpha value is 0.440. The van der Waals surface area contributed by atoms with E-state index in [1.54, 1.807) is 0 Å². The third-order valence-electron chi connectivity index (χ3n) is 6.38. The average molecular weight is 285 g/mol. The highest BCUT2D eigenvalue weighted by molar-refractivity contribution is 9.09. The lowest BCUT2D eigenvalue weighted by molar-refractivity contribution is 0.0498. The molecule has 0 spiro atoms. The van der Waals surface area contributed by atoms with Crippen molar-refractivity contribution in [1.29, 1.82) is 0 Å². The lowest BCUT2D eigenvalue weighted by Gasteiger charge is -2.19. The summed E-state index contributed by atoms with van der Waals surface area (Å²) in [5.41, 5.74) is 0.725. The van der Waals surface area contributed by atoms with E-state index in [9.17, 15) is 0 Å². The van der Waals surface area contributed by atoms with Crippen molar-refractivity contribution < 1.29 is 4.74 Å². The zero-order valence-electron chi connectivity index (χ0n) is 10.2. The fourth-order valence-electron chi connectivity index (χ4n) is 6.10. The topological polar surface area (TPSA) is 9.23 Å². The number of halogens is 1. The molecule has 90 valence electrons. The molecule has 0 aromatic carbocycles. The maximum absolute atomic E-state index is 5.72. The molecule has 0 aromatic rings. The van der Waals surface area contributed by atoms with Gasteiger partial charge in [0.25, 0.3) is 0 Å². The molecule has 0 heterocycles. The molecular formula is C14H21BrO. The van der Waals surface area contributed by atoms with Gasteiger partial charge in [0.2, 0.25) is 0 Å². The normalized spacial score (nSPS) is 64.3. The highest BCUT2D eigenvalue weighted by atomic mass is 79.9. The molecule has 5 aliphatic rings. The van der Waals surface area contributed by atoms with Gasteiger partial charge in [-0.2, -0.15) is 0 Å². The minimum Gasteiger partial charge on any atom is -0.381 e. The first kappa shape index (κ1) is 10.4. The van der Waals surface area contributed by atoms with Crippen molar-refractivity contribution in [2.45, 2.75) is 43.5 Å². The maximum atomic E-state index is 5.72. The highest BCUT2D eigenvalue weighted by Crippen LogP contribution is 2.89. The van der Waals surface area contributed by atoms with Gasteiger partial charge in [0.1, 0.15) is 0 Å². The van der Waals surface area contributed by atoms with E-state index < -0.39 is 0 Å². The fourth-order valence-corrected chi connectivity index (χ4v) is 7.69. The smallest absolute Gasteiger partial charge is 0.0608 e. The first-order valence-corrected chi connectivity index (χ1v) is 7.85. The van der Waals surface area contributed by atoms with E-state index in [2.05, 4.69) is 22.9 Å². The van der Waals surface area contributed by atoms with Gasteiger partial charge in [-0.05, 0) is 47.8 Å². The van der Waals surface area contributed by atoms with Crippen LogP contribution in [0.15, 0.2) is 0 Å². The molecule has 16 heavy (non-hydrogen) atoms. The third-order valence-corrected chi connectivity index (χ3v) is 7.85. The molecule has 5 rings (SSSR count). The third kappa shape index (κ3) is 0.849. The van der Waals surface area contributed by atoms with Crippen LogP contribution in [0, 0.1) is 35.0 Å². The Morgan fingerprint density at radius 2 is 2.12 bits per heavy atom. The Morgan fingerprint density at radius 1 is 1.31 bits per heavy atom. The largest absolute Gasteiger partial charge is 0.381 e. The van der Waals surface area contributed by atoms with E-state index in [0.717, 1.165) is 39.8 Å². The van der Waals surface area contributed by atoms with E-state index in [0.29, 0.717) is 6.10 Å². The van der Waals surface area contributed by atoms with Crippen molar-refractivity contribution in [3.8, 4) is 0 Å².